The first-order valence-corrected chi connectivity index (χ1v) is 10.4. The lowest BCUT2D eigenvalue weighted by atomic mass is 10.2. The highest BCUT2D eigenvalue weighted by atomic mass is 32.2. The standard InChI is InChI=1S/C21H24N4O2S/c1-4-25(13-19-23-18-11-6-5-10-17(18)21(27)24-19)14(2)20(26)22-15-8-7-9-16(12-15)28-3/h5-12,14H,4,13H2,1-3H3,(H,22,26)(H,23,24,27). The van der Waals surface area contributed by atoms with Crippen molar-refractivity contribution < 1.29 is 4.79 Å². The molecule has 0 saturated carbocycles. The number of para-hydroxylation sites is 1. The summed E-state index contributed by atoms with van der Waals surface area (Å²) in [6, 6.07) is 14.6. The van der Waals surface area contributed by atoms with Crippen molar-refractivity contribution in [3.05, 3.63) is 64.7 Å². The molecule has 3 rings (SSSR count). The second-order valence-corrected chi connectivity index (χ2v) is 7.37. The number of benzene rings is 2. The number of amides is 1. The largest absolute Gasteiger partial charge is 0.325 e. The zero-order valence-electron chi connectivity index (χ0n) is 16.2. The number of anilines is 1. The summed E-state index contributed by atoms with van der Waals surface area (Å²) in [6.45, 7) is 4.87. The van der Waals surface area contributed by atoms with Crippen molar-refractivity contribution in [2.75, 3.05) is 18.1 Å². The third-order valence-electron chi connectivity index (χ3n) is 4.69. The minimum atomic E-state index is -0.375. The lowest BCUT2D eigenvalue weighted by molar-refractivity contribution is -0.120. The van der Waals surface area contributed by atoms with Crippen LogP contribution in [-0.4, -0.2) is 39.6 Å². The molecule has 0 fully saturated rings. The van der Waals surface area contributed by atoms with E-state index in [2.05, 4.69) is 15.3 Å². The first-order valence-electron chi connectivity index (χ1n) is 9.18. The van der Waals surface area contributed by atoms with Crippen molar-refractivity contribution in [1.29, 1.82) is 0 Å². The fraction of sp³-hybridized carbons (Fsp3) is 0.286. The van der Waals surface area contributed by atoms with Gasteiger partial charge in [0.25, 0.3) is 5.56 Å². The molecule has 2 N–H and O–H groups in total. The molecule has 1 amide bonds. The van der Waals surface area contributed by atoms with Gasteiger partial charge >= 0.3 is 0 Å². The van der Waals surface area contributed by atoms with Crippen LogP contribution >= 0.6 is 11.8 Å². The predicted octanol–water partition coefficient (Wildman–Crippen LogP) is 3.49. The number of likely N-dealkylation sites (N-methyl/N-ethyl adjacent to an activating group) is 1. The zero-order chi connectivity index (χ0) is 20.1. The second-order valence-electron chi connectivity index (χ2n) is 6.49. The van der Waals surface area contributed by atoms with Crippen molar-refractivity contribution in [3.8, 4) is 0 Å². The van der Waals surface area contributed by atoms with E-state index in [1.165, 1.54) is 0 Å². The number of hydrogen-bond donors (Lipinski definition) is 2. The molecule has 0 bridgehead atoms. The van der Waals surface area contributed by atoms with E-state index >= 15 is 0 Å². The molecule has 1 atom stereocenters. The van der Waals surface area contributed by atoms with E-state index < -0.39 is 0 Å². The number of thioether (sulfide) groups is 1. The number of carbonyl (C=O) groups excluding carboxylic acids is 1. The maximum Gasteiger partial charge on any atom is 0.258 e. The van der Waals surface area contributed by atoms with E-state index in [4.69, 9.17) is 0 Å². The average Bonchev–Trinajstić information content (AvgIpc) is 2.71. The number of nitrogens with one attached hydrogen (secondary N) is 2. The molecule has 1 aromatic heterocycles. The van der Waals surface area contributed by atoms with Gasteiger partial charge in [-0.1, -0.05) is 25.1 Å². The molecule has 1 heterocycles. The molecular formula is C21H24N4O2S. The van der Waals surface area contributed by atoms with Crippen LogP contribution < -0.4 is 10.9 Å². The fourth-order valence-electron chi connectivity index (χ4n) is 3.04. The summed E-state index contributed by atoms with van der Waals surface area (Å²) in [5.74, 6) is 0.456. The van der Waals surface area contributed by atoms with Gasteiger partial charge in [0, 0.05) is 10.6 Å². The lowest BCUT2D eigenvalue weighted by Crippen LogP contribution is -2.42. The van der Waals surface area contributed by atoms with Crippen LogP contribution in [-0.2, 0) is 11.3 Å². The van der Waals surface area contributed by atoms with E-state index in [-0.39, 0.29) is 17.5 Å². The van der Waals surface area contributed by atoms with Crippen molar-refractivity contribution in [3.63, 3.8) is 0 Å². The Bertz CT molecular complexity index is 1030. The van der Waals surface area contributed by atoms with Crippen LogP contribution in [0.4, 0.5) is 5.69 Å². The zero-order valence-corrected chi connectivity index (χ0v) is 17.0. The smallest absolute Gasteiger partial charge is 0.258 e. The molecule has 2 aromatic carbocycles. The molecule has 0 saturated heterocycles. The number of fused-ring (bicyclic) bond motifs is 1. The fourth-order valence-corrected chi connectivity index (χ4v) is 3.50. The number of hydrogen-bond acceptors (Lipinski definition) is 5. The lowest BCUT2D eigenvalue weighted by Gasteiger charge is -2.26. The van der Waals surface area contributed by atoms with Crippen LogP contribution in [0.1, 0.15) is 19.7 Å². The van der Waals surface area contributed by atoms with Crippen LogP contribution in [0.25, 0.3) is 10.9 Å². The molecule has 6 nitrogen and oxygen atoms in total. The van der Waals surface area contributed by atoms with Gasteiger partial charge in [-0.25, -0.2) is 4.98 Å². The maximum atomic E-state index is 12.7. The van der Waals surface area contributed by atoms with Crippen LogP contribution in [0.15, 0.2) is 58.2 Å². The normalized spacial score (nSPS) is 12.3. The number of carbonyl (C=O) groups is 1. The summed E-state index contributed by atoms with van der Waals surface area (Å²) in [6.07, 6.45) is 2.00. The van der Waals surface area contributed by atoms with Gasteiger partial charge in [0.15, 0.2) is 0 Å². The Morgan fingerprint density at radius 3 is 2.79 bits per heavy atom. The van der Waals surface area contributed by atoms with Crippen molar-refractivity contribution in [2.45, 2.75) is 31.3 Å². The van der Waals surface area contributed by atoms with Crippen LogP contribution in [0.3, 0.4) is 0 Å². The molecule has 0 spiro atoms. The van der Waals surface area contributed by atoms with E-state index in [0.29, 0.717) is 29.8 Å². The van der Waals surface area contributed by atoms with E-state index in [0.717, 1.165) is 10.6 Å². The topological polar surface area (TPSA) is 78.1 Å². The van der Waals surface area contributed by atoms with Gasteiger partial charge in [0.1, 0.15) is 5.82 Å². The van der Waals surface area contributed by atoms with Crippen LogP contribution in [0, 0.1) is 0 Å². The molecular weight excluding hydrogens is 372 g/mol. The van der Waals surface area contributed by atoms with Gasteiger partial charge in [0.05, 0.1) is 23.5 Å². The SMILES string of the molecule is CCN(Cc1nc2ccccc2c(=O)[nH]1)C(C)C(=O)Nc1cccc(SC)c1. The molecule has 0 aliphatic heterocycles. The van der Waals surface area contributed by atoms with E-state index in [9.17, 15) is 9.59 Å². The predicted molar refractivity (Wildman–Crippen MR) is 115 cm³/mol. The molecule has 0 aliphatic carbocycles. The summed E-state index contributed by atoms with van der Waals surface area (Å²) in [5, 5.41) is 3.54. The summed E-state index contributed by atoms with van der Waals surface area (Å²) < 4.78 is 0. The molecule has 1 unspecified atom stereocenters. The highest BCUT2D eigenvalue weighted by molar-refractivity contribution is 7.98. The number of H-pyrrole nitrogens is 1. The van der Waals surface area contributed by atoms with E-state index in [1.807, 2.05) is 67.5 Å². The molecule has 146 valence electrons. The van der Waals surface area contributed by atoms with Gasteiger partial charge in [-0.15, -0.1) is 11.8 Å². The molecule has 0 aliphatic rings. The van der Waals surface area contributed by atoms with Crippen molar-refractivity contribution >= 4 is 34.3 Å². The number of aromatic nitrogens is 2. The minimum Gasteiger partial charge on any atom is -0.325 e. The Morgan fingerprint density at radius 1 is 1.25 bits per heavy atom. The van der Waals surface area contributed by atoms with Crippen LogP contribution in [0.2, 0.25) is 0 Å². The van der Waals surface area contributed by atoms with Crippen LogP contribution in [0.5, 0.6) is 0 Å². The Labute approximate surface area is 168 Å². The van der Waals surface area contributed by atoms with E-state index in [1.54, 1.807) is 17.8 Å². The summed E-state index contributed by atoms with van der Waals surface area (Å²) >= 11 is 1.63. The second kappa shape index (κ2) is 9.03. The monoisotopic (exact) mass is 396 g/mol. The van der Waals surface area contributed by atoms with Gasteiger partial charge in [0.2, 0.25) is 5.91 Å². The number of aromatic amines is 1. The first-order chi connectivity index (χ1) is 13.5. The Hall–Kier alpha value is -2.64. The highest BCUT2D eigenvalue weighted by Crippen LogP contribution is 2.19. The van der Waals surface area contributed by atoms with Gasteiger partial charge in [-0.05, 0) is 50.1 Å². The summed E-state index contributed by atoms with van der Waals surface area (Å²) in [5.41, 5.74) is 1.27. The van der Waals surface area contributed by atoms with Gasteiger partial charge < -0.3 is 10.3 Å². The third kappa shape index (κ3) is 4.61. The summed E-state index contributed by atoms with van der Waals surface area (Å²) in [4.78, 5) is 35.4. The first kappa shape index (κ1) is 20.1. The molecule has 28 heavy (non-hydrogen) atoms. The van der Waals surface area contributed by atoms with Gasteiger partial charge in [-0.3, -0.25) is 14.5 Å². The summed E-state index contributed by atoms with van der Waals surface area (Å²) in [7, 11) is 0. The van der Waals surface area contributed by atoms with Crippen molar-refractivity contribution in [2.24, 2.45) is 0 Å². The number of nitrogens with zero attached hydrogens (tertiary/aromatic N) is 2. The number of rotatable bonds is 7. The quantitative estimate of drug-likeness (QED) is 0.598. The Balaban J connectivity index is 1.75. The molecule has 7 heteroatoms. The average molecular weight is 397 g/mol. The third-order valence-corrected chi connectivity index (χ3v) is 5.41. The maximum absolute atomic E-state index is 12.7. The highest BCUT2D eigenvalue weighted by Gasteiger charge is 2.21. The molecule has 0 radical (unpaired) electrons. The van der Waals surface area contributed by atoms with Crippen molar-refractivity contribution in [1.82, 2.24) is 14.9 Å². The van der Waals surface area contributed by atoms with Gasteiger partial charge in [-0.2, -0.15) is 0 Å². The Kier molecular flexibility index (Phi) is 6.49. The molecule has 3 aromatic rings. The Morgan fingerprint density at radius 2 is 2.04 bits per heavy atom. The minimum absolute atomic E-state index is 0.0942.